The molecule has 2 N–H and O–H groups in total. The molecule has 0 aromatic carbocycles. The highest BCUT2D eigenvalue weighted by Gasteiger charge is 2.28. The first kappa shape index (κ1) is 12.9. The fourth-order valence-corrected chi connectivity index (χ4v) is 1.19. The summed E-state index contributed by atoms with van der Waals surface area (Å²) in [6, 6.07) is -0.821. The molecule has 0 aromatic heterocycles. The number of carbonyl (C=O) groups is 2. The average Bonchev–Trinajstić information content (AvgIpc) is 2.03. The minimum absolute atomic E-state index is 0.200. The molecular formula is C10H19NO3. The number of hydrogen-bond acceptors (Lipinski definition) is 2. The van der Waals surface area contributed by atoms with E-state index >= 15 is 0 Å². The Labute approximate surface area is 84.7 Å². The van der Waals surface area contributed by atoms with Crippen molar-refractivity contribution in [1.82, 2.24) is 5.32 Å². The zero-order valence-electron chi connectivity index (χ0n) is 9.26. The Balaban J connectivity index is 4.26. The van der Waals surface area contributed by atoms with E-state index in [0.717, 1.165) is 12.8 Å². The maximum Gasteiger partial charge on any atom is 0.325 e. The number of carboxylic acids is 1. The summed E-state index contributed by atoms with van der Waals surface area (Å²) >= 11 is 0. The highest BCUT2D eigenvalue weighted by molar-refractivity contribution is 5.86. The Morgan fingerprint density at radius 2 is 1.93 bits per heavy atom. The van der Waals surface area contributed by atoms with E-state index in [0.29, 0.717) is 0 Å². The van der Waals surface area contributed by atoms with Crippen molar-refractivity contribution >= 4 is 11.9 Å². The summed E-state index contributed by atoms with van der Waals surface area (Å²) in [5.41, 5.74) is -0.488. The summed E-state index contributed by atoms with van der Waals surface area (Å²) in [6.07, 6.45) is 1.66. The summed E-state index contributed by atoms with van der Waals surface area (Å²) in [5.74, 6) is -1.21. The van der Waals surface area contributed by atoms with Gasteiger partial charge < -0.3 is 10.4 Å². The predicted molar refractivity (Wildman–Crippen MR) is 53.9 cm³/mol. The van der Waals surface area contributed by atoms with E-state index in [1.54, 1.807) is 0 Å². The van der Waals surface area contributed by atoms with Gasteiger partial charge in [-0.15, -0.1) is 0 Å². The van der Waals surface area contributed by atoms with E-state index in [-0.39, 0.29) is 5.91 Å². The first-order valence-electron chi connectivity index (χ1n) is 4.85. The summed E-state index contributed by atoms with van der Waals surface area (Å²) in [5, 5.41) is 11.1. The SMILES string of the molecule is CCCC(C)(C)C(=O)NC(C)C(=O)O. The van der Waals surface area contributed by atoms with Gasteiger partial charge in [-0.25, -0.2) is 0 Å². The van der Waals surface area contributed by atoms with Crippen molar-refractivity contribution < 1.29 is 14.7 Å². The van der Waals surface area contributed by atoms with Crippen LogP contribution in [0.15, 0.2) is 0 Å². The Morgan fingerprint density at radius 3 is 2.29 bits per heavy atom. The van der Waals surface area contributed by atoms with E-state index in [2.05, 4.69) is 5.32 Å². The molecule has 4 nitrogen and oxygen atoms in total. The second-order valence-electron chi connectivity index (χ2n) is 4.17. The van der Waals surface area contributed by atoms with Gasteiger partial charge in [0.05, 0.1) is 0 Å². The van der Waals surface area contributed by atoms with E-state index < -0.39 is 17.4 Å². The minimum Gasteiger partial charge on any atom is -0.480 e. The lowest BCUT2D eigenvalue weighted by Crippen LogP contribution is -2.45. The van der Waals surface area contributed by atoms with Crippen LogP contribution in [0.3, 0.4) is 0 Å². The molecule has 0 aliphatic carbocycles. The van der Waals surface area contributed by atoms with Gasteiger partial charge >= 0.3 is 5.97 Å². The Hall–Kier alpha value is -1.06. The lowest BCUT2D eigenvalue weighted by atomic mass is 9.87. The molecule has 0 spiro atoms. The molecule has 14 heavy (non-hydrogen) atoms. The summed E-state index contributed by atoms with van der Waals surface area (Å²) in [4.78, 5) is 22.1. The van der Waals surface area contributed by atoms with Crippen molar-refractivity contribution in [3.8, 4) is 0 Å². The first-order chi connectivity index (χ1) is 6.31. The molecule has 1 amide bonds. The van der Waals surface area contributed by atoms with Gasteiger partial charge in [0.1, 0.15) is 6.04 Å². The molecule has 0 heterocycles. The molecule has 0 aliphatic rings. The van der Waals surface area contributed by atoms with Crippen LogP contribution in [0.2, 0.25) is 0 Å². The Morgan fingerprint density at radius 1 is 1.43 bits per heavy atom. The van der Waals surface area contributed by atoms with Crippen molar-refractivity contribution in [2.75, 3.05) is 0 Å². The third-order valence-electron chi connectivity index (χ3n) is 2.21. The molecule has 1 atom stereocenters. The van der Waals surface area contributed by atoms with E-state index in [9.17, 15) is 9.59 Å². The topological polar surface area (TPSA) is 66.4 Å². The van der Waals surface area contributed by atoms with Crippen molar-refractivity contribution in [2.24, 2.45) is 5.41 Å². The van der Waals surface area contributed by atoms with Crippen LogP contribution < -0.4 is 5.32 Å². The molecule has 0 saturated heterocycles. The zero-order valence-corrected chi connectivity index (χ0v) is 9.26. The third-order valence-corrected chi connectivity index (χ3v) is 2.21. The van der Waals surface area contributed by atoms with Crippen molar-refractivity contribution in [3.63, 3.8) is 0 Å². The molecule has 4 heteroatoms. The number of hydrogen-bond donors (Lipinski definition) is 2. The van der Waals surface area contributed by atoms with Crippen LogP contribution in [0.25, 0.3) is 0 Å². The number of aliphatic carboxylic acids is 1. The standard InChI is InChI=1S/C10H19NO3/c1-5-6-10(3,4)9(14)11-7(2)8(12)13/h7H,5-6H2,1-4H3,(H,11,14)(H,12,13). The molecule has 0 radical (unpaired) electrons. The molecule has 0 aromatic rings. The smallest absolute Gasteiger partial charge is 0.325 e. The van der Waals surface area contributed by atoms with Crippen LogP contribution in [0.1, 0.15) is 40.5 Å². The highest BCUT2D eigenvalue weighted by Crippen LogP contribution is 2.22. The van der Waals surface area contributed by atoms with Gasteiger partial charge in [0.15, 0.2) is 0 Å². The number of rotatable bonds is 5. The van der Waals surface area contributed by atoms with Crippen LogP contribution in [-0.4, -0.2) is 23.0 Å². The molecule has 1 unspecified atom stereocenters. The lowest BCUT2D eigenvalue weighted by molar-refractivity contribution is -0.143. The molecule has 82 valence electrons. The third kappa shape index (κ3) is 3.77. The van der Waals surface area contributed by atoms with Gasteiger partial charge in [-0.3, -0.25) is 9.59 Å². The predicted octanol–water partition coefficient (Wildman–Crippen LogP) is 1.40. The van der Waals surface area contributed by atoms with Crippen LogP contribution in [0.4, 0.5) is 0 Å². The van der Waals surface area contributed by atoms with Gasteiger partial charge in [0, 0.05) is 5.41 Å². The molecule has 0 saturated carbocycles. The quantitative estimate of drug-likeness (QED) is 0.706. The zero-order chi connectivity index (χ0) is 11.4. The summed E-state index contributed by atoms with van der Waals surface area (Å²) < 4.78 is 0. The monoisotopic (exact) mass is 201 g/mol. The van der Waals surface area contributed by atoms with Gasteiger partial charge in [-0.2, -0.15) is 0 Å². The van der Waals surface area contributed by atoms with Crippen LogP contribution >= 0.6 is 0 Å². The van der Waals surface area contributed by atoms with Gasteiger partial charge in [0.25, 0.3) is 0 Å². The second-order valence-corrected chi connectivity index (χ2v) is 4.17. The van der Waals surface area contributed by atoms with Crippen molar-refractivity contribution in [3.05, 3.63) is 0 Å². The van der Waals surface area contributed by atoms with Crippen LogP contribution in [0, 0.1) is 5.41 Å². The maximum atomic E-state index is 11.6. The Bertz CT molecular complexity index is 223. The van der Waals surface area contributed by atoms with E-state index in [1.165, 1.54) is 6.92 Å². The maximum absolute atomic E-state index is 11.6. The van der Waals surface area contributed by atoms with E-state index in [4.69, 9.17) is 5.11 Å². The fourth-order valence-electron chi connectivity index (χ4n) is 1.19. The number of nitrogens with one attached hydrogen (secondary N) is 1. The van der Waals surface area contributed by atoms with Gasteiger partial charge in [0.2, 0.25) is 5.91 Å². The van der Waals surface area contributed by atoms with Crippen LogP contribution in [-0.2, 0) is 9.59 Å². The Kier molecular flexibility index (Phi) is 4.60. The van der Waals surface area contributed by atoms with Gasteiger partial charge in [-0.05, 0) is 13.3 Å². The average molecular weight is 201 g/mol. The molecular weight excluding hydrogens is 182 g/mol. The molecule has 0 rings (SSSR count). The largest absolute Gasteiger partial charge is 0.480 e. The van der Waals surface area contributed by atoms with Gasteiger partial charge in [-0.1, -0.05) is 27.2 Å². The lowest BCUT2D eigenvalue weighted by Gasteiger charge is -2.24. The van der Waals surface area contributed by atoms with E-state index in [1.807, 2.05) is 20.8 Å². The molecule has 0 fully saturated rings. The number of carbonyl (C=O) groups excluding carboxylic acids is 1. The molecule has 0 bridgehead atoms. The highest BCUT2D eigenvalue weighted by atomic mass is 16.4. The minimum atomic E-state index is -1.01. The van der Waals surface area contributed by atoms with Crippen LogP contribution in [0.5, 0.6) is 0 Å². The molecule has 0 aliphatic heterocycles. The van der Waals surface area contributed by atoms with Crippen molar-refractivity contribution in [2.45, 2.75) is 46.6 Å². The fraction of sp³-hybridized carbons (Fsp3) is 0.800. The van der Waals surface area contributed by atoms with Crippen molar-refractivity contribution in [1.29, 1.82) is 0 Å². The summed E-state index contributed by atoms with van der Waals surface area (Å²) in [6.45, 7) is 7.10. The summed E-state index contributed by atoms with van der Waals surface area (Å²) in [7, 11) is 0. The second kappa shape index (κ2) is 4.98. The normalized spacial score (nSPS) is 13.4. The first-order valence-corrected chi connectivity index (χ1v) is 4.85. The number of carboxylic acid groups (broad SMARTS) is 1. The number of amides is 1.